The van der Waals surface area contributed by atoms with E-state index >= 15 is 0 Å². The zero-order valence-electron chi connectivity index (χ0n) is 21.2. The van der Waals surface area contributed by atoms with Crippen molar-refractivity contribution in [3.8, 4) is 0 Å². The zero-order valence-corrected chi connectivity index (χ0v) is 22.9. The van der Waals surface area contributed by atoms with Gasteiger partial charge in [-0.05, 0) is 37.7 Å². The maximum absolute atomic E-state index is 12.2. The van der Waals surface area contributed by atoms with Crippen LogP contribution in [-0.2, 0) is 14.9 Å². The number of halogens is 8. The van der Waals surface area contributed by atoms with Crippen LogP contribution in [0.3, 0.4) is 0 Å². The largest absolute Gasteiger partial charge is 0.483 e. The predicted molar refractivity (Wildman–Crippen MR) is 127 cm³/mol. The average molecular weight is 585 g/mol. The van der Waals surface area contributed by atoms with E-state index in [2.05, 4.69) is 20.8 Å². The molecule has 0 aliphatic rings. The molecule has 0 spiro atoms. The Hall–Kier alpha value is -0.260. The minimum Gasteiger partial charge on any atom is -0.281 e. The van der Waals surface area contributed by atoms with Gasteiger partial charge in [-0.2, -0.15) is 39.2 Å². The number of hydrogen-bond donors (Lipinski definition) is 1. The number of rotatable bonds is 19. The van der Waals surface area contributed by atoms with E-state index in [4.69, 9.17) is 4.55 Å². The Balaban J connectivity index is 0. The van der Waals surface area contributed by atoms with Crippen LogP contribution in [0.15, 0.2) is 0 Å². The topological polar surface area (TPSA) is 63.6 Å². The maximum atomic E-state index is 12.2. The van der Waals surface area contributed by atoms with E-state index in [1.807, 2.05) is 4.74 Å². The maximum Gasteiger partial charge on any atom is 0.483 e. The summed E-state index contributed by atoms with van der Waals surface area (Å²) in [6.45, 7) is 6.95. The summed E-state index contributed by atoms with van der Waals surface area (Å²) in [7, 11) is -6.16. The molecule has 0 rings (SSSR count). The van der Waals surface area contributed by atoms with Crippen molar-refractivity contribution in [3.63, 3.8) is 0 Å². The number of hydrogen-bond acceptors (Lipinski definition) is 3. The summed E-state index contributed by atoms with van der Waals surface area (Å²) in [5.74, 6) is 0. The van der Waals surface area contributed by atoms with Crippen molar-refractivity contribution in [2.24, 2.45) is 0 Å². The molecule has 0 amide bonds. The highest BCUT2D eigenvalue weighted by molar-refractivity contribution is 7.86. The van der Waals surface area contributed by atoms with Crippen LogP contribution in [-0.4, -0.2) is 55.4 Å². The van der Waals surface area contributed by atoms with Gasteiger partial charge in [-0.25, -0.2) is 4.39 Å². The summed E-state index contributed by atoms with van der Waals surface area (Å²) in [5.41, 5.74) is 0. The highest BCUT2D eigenvalue weighted by Gasteiger charge is 2.65. The van der Waals surface area contributed by atoms with Crippen molar-refractivity contribution < 1.29 is 52.8 Å². The molecule has 0 aliphatic heterocycles. The normalized spacial score (nSPS) is 14.0. The van der Waals surface area contributed by atoms with Crippen LogP contribution in [0.2, 0.25) is 0 Å². The minimum absolute atomic E-state index is 0.389. The molecule has 1 unspecified atom stereocenters. The van der Waals surface area contributed by atoms with E-state index in [1.165, 1.54) is 77.0 Å². The molecular formula is C22H41F8O4PS. The highest BCUT2D eigenvalue weighted by Crippen LogP contribution is 2.41. The summed E-state index contributed by atoms with van der Waals surface area (Å²) >= 11 is 0. The van der Waals surface area contributed by atoms with Crippen molar-refractivity contribution in [1.82, 2.24) is 0 Å². The number of alkyl halides is 8. The second-order valence-corrected chi connectivity index (χ2v) is 12.7. The molecule has 0 bridgehead atoms. The van der Waals surface area contributed by atoms with Gasteiger partial charge < -0.3 is 0 Å². The number of unbranched alkanes of at least 4 members (excludes halogenated alkanes) is 9. The van der Waals surface area contributed by atoms with Crippen LogP contribution in [0.5, 0.6) is 0 Å². The molecular weight excluding hydrogens is 543 g/mol. The molecule has 0 aromatic rings. The fraction of sp³-hybridized carbons (Fsp3) is 1.00. The van der Waals surface area contributed by atoms with Crippen molar-refractivity contribution in [1.29, 1.82) is 0 Å². The van der Waals surface area contributed by atoms with Crippen molar-refractivity contribution in [2.45, 2.75) is 122 Å². The molecule has 0 aromatic carbocycles. The fourth-order valence-corrected chi connectivity index (χ4v) is 5.97. The zero-order chi connectivity index (χ0) is 28.5. The van der Waals surface area contributed by atoms with E-state index in [0.717, 1.165) is 0 Å². The Morgan fingerprint density at radius 2 is 1.03 bits per heavy atom. The van der Waals surface area contributed by atoms with Gasteiger partial charge in [-0.1, -0.05) is 78.6 Å². The van der Waals surface area contributed by atoms with Crippen molar-refractivity contribution in [3.05, 3.63) is 0 Å². The lowest BCUT2D eigenvalue weighted by atomic mass is 10.2. The van der Waals surface area contributed by atoms with E-state index in [9.17, 15) is 43.5 Å². The Bertz CT molecular complexity index is 620. The molecule has 1 N–H and O–H groups in total. The summed E-state index contributed by atoms with van der Waals surface area (Å²) in [5, 5.41) is -5.97. The van der Waals surface area contributed by atoms with Gasteiger partial charge in [0.25, 0.3) is 6.36 Å². The first-order valence-electron chi connectivity index (χ1n) is 12.3. The van der Waals surface area contributed by atoms with E-state index in [1.54, 1.807) is 18.5 Å². The van der Waals surface area contributed by atoms with Gasteiger partial charge in [-0.15, -0.1) is 7.92 Å². The standard InChI is InChI=1S/C18H39P.C4H2F8O4S/c1-4-7-10-13-16-19(17-14-11-8-5-2)18-15-12-9-6-3;5-1(2(6,7)17(13,14)15)16-4(11,12)3(8,9)10/h4-18H2,1-3H3;1H,(H,13,14,15). The Kier molecular flexibility index (Phi) is 19.9. The molecule has 220 valence electrons. The predicted octanol–water partition coefficient (Wildman–Crippen LogP) is 9.14. The fourth-order valence-electron chi connectivity index (χ4n) is 3.00. The van der Waals surface area contributed by atoms with Gasteiger partial charge in [-0.3, -0.25) is 9.29 Å². The van der Waals surface area contributed by atoms with Gasteiger partial charge in [0.15, 0.2) is 0 Å². The molecule has 0 saturated carbocycles. The van der Waals surface area contributed by atoms with Crippen LogP contribution < -0.4 is 0 Å². The van der Waals surface area contributed by atoms with Gasteiger partial charge in [0.1, 0.15) is 0 Å². The lowest BCUT2D eigenvalue weighted by Crippen LogP contribution is -2.48. The molecule has 0 fully saturated rings. The first-order chi connectivity index (χ1) is 16.5. The first-order valence-corrected chi connectivity index (χ1v) is 15.6. The minimum atomic E-state index is -6.55. The Labute approximate surface area is 211 Å². The van der Waals surface area contributed by atoms with Gasteiger partial charge in [0.05, 0.1) is 0 Å². The lowest BCUT2D eigenvalue weighted by molar-refractivity contribution is -0.423. The molecule has 14 heteroatoms. The summed E-state index contributed by atoms with van der Waals surface area (Å²) < 4.78 is 124. The molecule has 36 heavy (non-hydrogen) atoms. The van der Waals surface area contributed by atoms with Crippen LogP contribution in [0.25, 0.3) is 0 Å². The van der Waals surface area contributed by atoms with Gasteiger partial charge >= 0.3 is 27.7 Å². The SMILES string of the molecule is CCCCCCP(CCCCCC)CCCCCC.O=S(=O)(O)C(F)(F)C(F)OC(F)(F)C(F)(F)F. The molecule has 0 radical (unpaired) electrons. The molecule has 0 saturated heterocycles. The van der Waals surface area contributed by atoms with Gasteiger partial charge in [0, 0.05) is 0 Å². The Morgan fingerprint density at radius 1 is 0.694 bits per heavy atom. The first kappa shape index (κ1) is 37.9. The smallest absolute Gasteiger partial charge is 0.281 e. The lowest BCUT2D eigenvalue weighted by Gasteiger charge is -2.24. The van der Waals surface area contributed by atoms with Crippen LogP contribution >= 0.6 is 7.92 Å². The Morgan fingerprint density at radius 3 is 1.28 bits per heavy atom. The van der Waals surface area contributed by atoms with E-state index in [-0.39, 0.29) is 0 Å². The van der Waals surface area contributed by atoms with E-state index < -0.39 is 34.0 Å². The van der Waals surface area contributed by atoms with Crippen LogP contribution in [0.1, 0.15) is 97.8 Å². The summed E-state index contributed by atoms with van der Waals surface area (Å²) in [4.78, 5) is 0. The third-order valence-electron chi connectivity index (χ3n) is 5.17. The monoisotopic (exact) mass is 584 g/mol. The third-order valence-corrected chi connectivity index (χ3v) is 8.89. The second-order valence-electron chi connectivity index (χ2n) is 8.51. The van der Waals surface area contributed by atoms with Crippen LogP contribution in [0.4, 0.5) is 35.1 Å². The van der Waals surface area contributed by atoms with Crippen molar-refractivity contribution >= 4 is 18.0 Å². The summed E-state index contributed by atoms with van der Waals surface area (Å²) in [6.07, 6.45) is 4.44. The molecule has 1 atom stereocenters. The molecule has 0 aliphatic carbocycles. The third kappa shape index (κ3) is 16.6. The molecule has 0 heterocycles. The average Bonchev–Trinajstić information content (AvgIpc) is 2.75. The second kappa shape index (κ2) is 18.9. The quantitative estimate of drug-likeness (QED) is 0.0712. The van der Waals surface area contributed by atoms with Crippen molar-refractivity contribution in [2.75, 3.05) is 18.5 Å². The molecule has 4 nitrogen and oxygen atoms in total. The van der Waals surface area contributed by atoms with E-state index in [0.29, 0.717) is 7.92 Å². The highest BCUT2D eigenvalue weighted by atomic mass is 32.2. The summed E-state index contributed by atoms with van der Waals surface area (Å²) in [6, 6.07) is 0. The van der Waals surface area contributed by atoms with Crippen LogP contribution in [0, 0.1) is 0 Å². The number of ether oxygens (including phenoxy) is 1. The molecule has 0 aromatic heterocycles. The van der Waals surface area contributed by atoms with Gasteiger partial charge in [0.2, 0.25) is 0 Å².